The summed E-state index contributed by atoms with van der Waals surface area (Å²) < 4.78 is 33.3. The van der Waals surface area contributed by atoms with Gasteiger partial charge in [-0.1, -0.05) is 30.3 Å². The van der Waals surface area contributed by atoms with Crippen LogP contribution in [0.2, 0.25) is 0 Å². The molecule has 5 rings (SSSR count). The molecular formula is C29H33ClF2N2O. The largest absolute Gasteiger partial charge is 0.489 e. The van der Waals surface area contributed by atoms with E-state index in [1.54, 1.807) is 0 Å². The molecule has 186 valence electrons. The number of ether oxygens (including phenoxy) is 1. The van der Waals surface area contributed by atoms with Gasteiger partial charge in [0.2, 0.25) is 0 Å². The first-order valence-electron chi connectivity index (χ1n) is 12.4. The fourth-order valence-electron chi connectivity index (χ4n) is 5.01. The predicted octanol–water partition coefficient (Wildman–Crippen LogP) is 6.21. The molecule has 0 saturated carbocycles. The zero-order chi connectivity index (χ0) is 23.3. The number of fused-ring (bicyclic) bond motifs is 1. The fourth-order valence-corrected chi connectivity index (χ4v) is 5.01. The van der Waals surface area contributed by atoms with E-state index in [1.807, 2.05) is 4.90 Å². The van der Waals surface area contributed by atoms with E-state index in [-0.39, 0.29) is 12.4 Å². The number of rotatable bonds is 7. The molecule has 0 N–H and O–H groups in total. The number of aryl methyl sites for hydroxylation is 2. The third-order valence-corrected chi connectivity index (χ3v) is 7.09. The van der Waals surface area contributed by atoms with Crippen molar-refractivity contribution in [3.63, 3.8) is 0 Å². The maximum Gasteiger partial charge on any atom is 0.149 e. The first kappa shape index (κ1) is 25.5. The van der Waals surface area contributed by atoms with Crippen LogP contribution in [-0.4, -0.2) is 37.6 Å². The lowest BCUT2D eigenvalue weighted by Crippen LogP contribution is -2.47. The maximum absolute atomic E-state index is 14.0. The highest BCUT2D eigenvalue weighted by Gasteiger charge is 2.19. The maximum atomic E-state index is 14.0. The van der Waals surface area contributed by atoms with Gasteiger partial charge in [-0.25, -0.2) is 8.78 Å². The number of anilines is 1. The van der Waals surface area contributed by atoms with E-state index in [4.69, 9.17) is 4.74 Å². The molecule has 6 heteroatoms. The van der Waals surface area contributed by atoms with Gasteiger partial charge in [0.25, 0.3) is 0 Å². The van der Waals surface area contributed by atoms with Crippen LogP contribution in [0.4, 0.5) is 14.5 Å². The van der Waals surface area contributed by atoms with Crippen molar-refractivity contribution in [2.45, 2.75) is 38.7 Å². The predicted molar refractivity (Wildman–Crippen MR) is 140 cm³/mol. The molecule has 3 nitrogen and oxygen atoms in total. The second kappa shape index (κ2) is 11.9. The molecule has 0 unspecified atom stereocenters. The Hall–Kier alpha value is -2.63. The Morgan fingerprint density at radius 2 is 1.46 bits per heavy atom. The van der Waals surface area contributed by atoms with Crippen molar-refractivity contribution in [3.05, 3.63) is 94.6 Å². The number of benzene rings is 3. The van der Waals surface area contributed by atoms with Crippen LogP contribution in [0.3, 0.4) is 0 Å². The molecule has 1 fully saturated rings. The summed E-state index contributed by atoms with van der Waals surface area (Å²) in [5.74, 6) is -0.0513. The van der Waals surface area contributed by atoms with Crippen LogP contribution >= 0.6 is 12.4 Å². The molecule has 0 amide bonds. The van der Waals surface area contributed by atoms with Crippen molar-refractivity contribution in [2.24, 2.45) is 0 Å². The summed E-state index contributed by atoms with van der Waals surface area (Å²) in [5, 5.41) is 0. The lowest BCUT2D eigenvalue weighted by Gasteiger charge is -2.36. The minimum absolute atomic E-state index is 0. The van der Waals surface area contributed by atoms with E-state index in [2.05, 4.69) is 47.4 Å². The highest BCUT2D eigenvalue weighted by atomic mass is 35.5. The van der Waals surface area contributed by atoms with E-state index in [0.29, 0.717) is 12.3 Å². The van der Waals surface area contributed by atoms with E-state index in [1.165, 1.54) is 60.1 Å². The van der Waals surface area contributed by atoms with Crippen LogP contribution in [0.15, 0.2) is 60.7 Å². The third kappa shape index (κ3) is 6.53. The molecule has 0 bridgehead atoms. The molecule has 0 atom stereocenters. The van der Waals surface area contributed by atoms with Gasteiger partial charge in [-0.15, -0.1) is 12.4 Å². The molecule has 1 aliphatic heterocycles. The Bertz CT molecular complexity index is 1110. The van der Waals surface area contributed by atoms with Gasteiger partial charge in [0.05, 0.1) is 5.69 Å². The highest BCUT2D eigenvalue weighted by molar-refractivity contribution is 5.85. The Kier molecular flexibility index (Phi) is 8.64. The van der Waals surface area contributed by atoms with E-state index < -0.39 is 11.6 Å². The molecule has 0 radical (unpaired) electrons. The van der Waals surface area contributed by atoms with Crippen molar-refractivity contribution in [3.8, 4) is 5.75 Å². The third-order valence-electron chi connectivity index (χ3n) is 7.09. The SMILES string of the molecule is Cl.Fc1ccc(N2CCN(CCc3ccc(COc4ccc5c(c4)CCCC5)cc3)CC2)c(F)c1. The molecule has 3 aromatic carbocycles. The second-order valence-electron chi connectivity index (χ2n) is 9.42. The summed E-state index contributed by atoms with van der Waals surface area (Å²) in [6.45, 7) is 4.82. The molecule has 1 saturated heterocycles. The summed E-state index contributed by atoms with van der Waals surface area (Å²) in [6, 6.07) is 19.1. The van der Waals surface area contributed by atoms with Gasteiger partial charge >= 0.3 is 0 Å². The summed E-state index contributed by atoms with van der Waals surface area (Å²) in [7, 11) is 0. The molecule has 3 aromatic rings. The standard InChI is InChI=1S/C29H32F2N2O.ClH/c30-26-10-12-29(28(31)20-26)33-17-15-32(16-18-33)14-13-22-5-7-23(8-6-22)21-34-27-11-9-24-3-1-2-4-25(24)19-27;/h5-12,19-20H,1-4,13-18,21H2;1H. The monoisotopic (exact) mass is 498 g/mol. The van der Waals surface area contributed by atoms with Gasteiger partial charge in [-0.05, 0) is 78.6 Å². The number of hydrogen-bond acceptors (Lipinski definition) is 3. The smallest absolute Gasteiger partial charge is 0.149 e. The summed E-state index contributed by atoms with van der Waals surface area (Å²) in [5.41, 5.74) is 5.91. The van der Waals surface area contributed by atoms with Crippen LogP contribution in [-0.2, 0) is 25.9 Å². The fraction of sp³-hybridized carbons (Fsp3) is 0.379. The molecular weight excluding hydrogens is 466 g/mol. The lowest BCUT2D eigenvalue weighted by atomic mass is 9.92. The number of halogens is 3. The topological polar surface area (TPSA) is 15.7 Å². The first-order chi connectivity index (χ1) is 16.6. The number of nitrogens with zero attached hydrogens (tertiary/aromatic N) is 2. The zero-order valence-corrected chi connectivity index (χ0v) is 20.8. The van der Waals surface area contributed by atoms with Gasteiger partial charge in [-0.2, -0.15) is 0 Å². The quantitative estimate of drug-likeness (QED) is 0.385. The van der Waals surface area contributed by atoms with Gasteiger partial charge in [0, 0.05) is 38.8 Å². The van der Waals surface area contributed by atoms with Gasteiger partial charge in [0.1, 0.15) is 24.0 Å². The highest BCUT2D eigenvalue weighted by Crippen LogP contribution is 2.26. The van der Waals surface area contributed by atoms with E-state index in [9.17, 15) is 8.78 Å². The molecule has 1 aliphatic carbocycles. The van der Waals surface area contributed by atoms with Gasteiger partial charge < -0.3 is 9.64 Å². The first-order valence-corrected chi connectivity index (χ1v) is 12.4. The zero-order valence-electron chi connectivity index (χ0n) is 20.0. The Labute approximate surface area is 213 Å². The minimum atomic E-state index is -0.531. The molecule has 35 heavy (non-hydrogen) atoms. The Balaban J connectivity index is 0.00000289. The van der Waals surface area contributed by atoms with Gasteiger partial charge in [-0.3, -0.25) is 4.90 Å². The van der Waals surface area contributed by atoms with Crippen LogP contribution in [0.1, 0.15) is 35.1 Å². The number of piperazine rings is 1. The summed E-state index contributed by atoms with van der Waals surface area (Å²) in [4.78, 5) is 4.41. The summed E-state index contributed by atoms with van der Waals surface area (Å²) >= 11 is 0. The average molecular weight is 499 g/mol. The minimum Gasteiger partial charge on any atom is -0.489 e. The van der Waals surface area contributed by atoms with Gasteiger partial charge in [0.15, 0.2) is 0 Å². The molecule has 0 aromatic heterocycles. The normalized spacial score (nSPS) is 15.9. The Morgan fingerprint density at radius 1 is 0.743 bits per heavy atom. The Morgan fingerprint density at radius 3 is 2.20 bits per heavy atom. The number of hydrogen-bond donors (Lipinski definition) is 0. The lowest BCUT2D eigenvalue weighted by molar-refractivity contribution is 0.260. The second-order valence-corrected chi connectivity index (χ2v) is 9.42. The van der Waals surface area contributed by atoms with Crippen LogP contribution in [0, 0.1) is 11.6 Å². The van der Waals surface area contributed by atoms with Crippen molar-refractivity contribution in [1.82, 2.24) is 4.90 Å². The molecule has 2 aliphatic rings. The van der Waals surface area contributed by atoms with Crippen molar-refractivity contribution in [1.29, 1.82) is 0 Å². The average Bonchev–Trinajstić information content (AvgIpc) is 2.87. The van der Waals surface area contributed by atoms with Crippen LogP contribution in [0.25, 0.3) is 0 Å². The summed E-state index contributed by atoms with van der Waals surface area (Å²) in [6.07, 6.45) is 5.92. The molecule has 0 spiro atoms. The van der Waals surface area contributed by atoms with Crippen LogP contribution < -0.4 is 9.64 Å². The van der Waals surface area contributed by atoms with E-state index >= 15 is 0 Å². The van der Waals surface area contributed by atoms with Crippen molar-refractivity contribution in [2.75, 3.05) is 37.6 Å². The van der Waals surface area contributed by atoms with E-state index in [0.717, 1.165) is 51.0 Å². The van der Waals surface area contributed by atoms with Crippen molar-refractivity contribution < 1.29 is 13.5 Å². The van der Waals surface area contributed by atoms with Crippen LogP contribution in [0.5, 0.6) is 5.75 Å². The molecule has 1 heterocycles. The van der Waals surface area contributed by atoms with Crippen molar-refractivity contribution >= 4 is 18.1 Å².